The van der Waals surface area contributed by atoms with Crippen LogP contribution in [-0.4, -0.2) is 16.0 Å². The van der Waals surface area contributed by atoms with Gasteiger partial charge in [0.05, 0.1) is 5.69 Å². The third-order valence-corrected chi connectivity index (χ3v) is 2.70. The molecule has 2 rings (SSSR count). The van der Waals surface area contributed by atoms with Crippen LogP contribution in [0.15, 0.2) is 30.5 Å². The highest BCUT2D eigenvalue weighted by molar-refractivity contribution is 5.59. The molecule has 0 saturated heterocycles. The standard InChI is InChI=1S/C13H12F4N2/c1-2-9-3-4-10(11(14)7-9)12-5-6-19(18-12)8-13(15,16)17/h3-7H,2,8H2,1H3. The summed E-state index contributed by atoms with van der Waals surface area (Å²) < 4.78 is 51.1. The van der Waals surface area contributed by atoms with Crippen molar-refractivity contribution in [2.75, 3.05) is 0 Å². The van der Waals surface area contributed by atoms with Crippen molar-refractivity contribution < 1.29 is 17.6 Å². The molecule has 0 saturated carbocycles. The molecule has 6 heteroatoms. The average Bonchev–Trinajstić information content (AvgIpc) is 2.74. The van der Waals surface area contributed by atoms with Crippen LogP contribution in [0.1, 0.15) is 12.5 Å². The van der Waals surface area contributed by atoms with E-state index in [2.05, 4.69) is 5.10 Å². The fourth-order valence-corrected chi connectivity index (χ4v) is 1.76. The molecule has 0 spiro atoms. The number of rotatable bonds is 3. The summed E-state index contributed by atoms with van der Waals surface area (Å²) in [5.41, 5.74) is 1.23. The number of alkyl halides is 3. The van der Waals surface area contributed by atoms with Gasteiger partial charge in [0.15, 0.2) is 0 Å². The lowest BCUT2D eigenvalue weighted by Gasteiger charge is -2.06. The van der Waals surface area contributed by atoms with Crippen molar-refractivity contribution in [3.05, 3.63) is 41.8 Å². The van der Waals surface area contributed by atoms with Crippen LogP contribution < -0.4 is 0 Å². The van der Waals surface area contributed by atoms with Gasteiger partial charge < -0.3 is 0 Å². The van der Waals surface area contributed by atoms with E-state index < -0.39 is 18.5 Å². The molecule has 19 heavy (non-hydrogen) atoms. The highest BCUT2D eigenvalue weighted by Gasteiger charge is 2.28. The smallest absolute Gasteiger partial charge is 0.263 e. The van der Waals surface area contributed by atoms with E-state index in [9.17, 15) is 17.6 Å². The SMILES string of the molecule is CCc1ccc(-c2ccn(CC(F)(F)F)n2)c(F)c1. The van der Waals surface area contributed by atoms with E-state index >= 15 is 0 Å². The lowest BCUT2D eigenvalue weighted by atomic mass is 10.1. The summed E-state index contributed by atoms with van der Waals surface area (Å²) >= 11 is 0. The Bertz CT molecular complexity index is 572. The number of nitrogens with zero attached hydrogens (tertiary/aromatic N) is 2. The Labute approximate surface area is 107 Å². The molecule has 2 nitrogen and oxygen atoms in total. The fraction of sp³-hybridized carbons (Fsp3) is 0.308. The molecule has 102 valence electrons. The van der Waals surface area contributed by atoms with Crippen molar-refractivity contribution >= 4 is 0 Å². The largest absolute Gasteiger partial charge is 0.408 e. The van der Waals surface area contributed by atoms with E-state index in [1.165, 1.54) is 24.4 Å². The molecule has 1 aromatic heterocycles. The topological polar surface area (TPSA) is 17.8 Å². The summed E-state index contributed by atoms with van der Waals surface area (Å²) in [5.74, 6) is -0.475. The molecule has 1 aromatic carbocycles. The minimum absolute atomic E-state index is 0.199. The predicted octanol–water partition coefficient (Wildman–Crippen LogP) is 3.81. The van der Waals surface area contributed by atoms with Gasteiger partial charge in [0.1, 0.15) is 12.4 Å². The fourth-order valence-electron chi connectivity index (χ4n) is 1.76. The van der Waals surface area contributed by atoms with Crippen molar-refractivity contribution in [1.82, 2.24) is 9.78 Å². The molecule has 0 aliphatic rings. The lowest BCUT2D eigenvalue weighted by molar-refractivity contribution is -0.142. The number of hydrogen-bond acceptors (Lipinski definition) is 1. The number of hydrogen-bond donors (Lipinski definition) is 0. The molecule has 0 fully saturated rings. The second-order valence-corrected chi connectivity index (χ2v) is 4.18. The molecule has 1 heterocycles. The molecule has 0 atom stereocenters. The number of halogens is 4. The third-order valence-electron chi connectivity index (χ3n) is 2.70. The van der Waals surface area contributed by atoms with Gasteiger partial charge in [-0.2, -0.15) is 18.3 Å². The minimum atomic E-state index is -4.34. The van der Waals surface area contributed by atoms with Crippen LogP contribution in [-0.2, 0) is 13.0 Å². The van der Waals surface area contributed by atoms with Crippen LogP contribution in [0.4, 0.5) is 17.6 Å². The molecule has 0 bridgehead atoms. The Hall–Kier alpha value is -1.85. The maximum absolute atomic E-state index is 13.8. The van der Waals surface area contributed by atoms with Crippen LogP contribution in [0.2, 0.25) is 0 Å². The summed E-state index contributed by atoms with van der Waals surface area (Å²) in [6.45, 7) is 0.716. The van der Waals surface area contributed by atoms with Gasteiger partial charge in [-0.3, -0.25) is 4.68 Å². The van der Waals surface area contributed by atoms with Crippen LogP contribution in [0, 0.1) is 5.82 Å². The molecule has 0 amide bonds. The van der Waals surface area contributed by atoms with E-state index in [0.29, 0.717) is 6.42 Å². The third kappa shape index (κ3) is 3.33. The zero-order valence-electron chi connectivity index (χ0n) is 10.2. The van der Waals surface area contributed by atoms with E-state index in [1.54, 1.807) is 6.07 Å². The molecular weight excluding hydrogens is 260 g/mol. The monoisotopic (exact) mass is 272 g/mol. The first kappa shape index (κ1) is 13.6. The van der Waals surface area contributed by atoms with E-state index in [4.69, 9.17) is 0 Å². The molecular formula is C13H12F4N2. The Morgan fingerprint density at radius 1 is 1.21 bits per heavy atom. The highest BCUT2D eigenvalue weighted by Crippen LogP contribution is 2.23. The van der Waals surface area contributed by atoms with Gasteiger partial charge in [0.2, 0.25) is 0 Å². The van der Waals surface area contributed by atoms with Crippen LogP contribution in [0.5, 0.6) is 0 Å². The van der Waals surface area contributed by atoms with Crippen LogP contribution >= 0.6 is 0 Å². The van der Waals surface area contributed by atoms with Gasteiger partial charge in [-0.1, -0.05) is 13.0 Å². The van der Waals surface area contributed by atoms with Gasteiger partial charge in [-0.15, -0.1) is 0 Å². The average molecular weight is 272 g/mol. The first-order valence-electron chi connectivity index (χ1n) is 5.78. The van der Waals surface area contributed by atoms with Crippen molar-refractivity contribution in [1.29, 1.82) is 0 Å². The number of aromatic nitrogens is 2. The molecule has 0 aliphatic carbocycles. The number of benzene rings is 1. The summed E-state index contributed by atoms with van der Waals surface area (Å²) in [4.78, 5) is 0. The lowest BCUT2D eigenvalue weighted by Crippen LogP contribution is -2.17. The minimum Gasteiger partial charge on any atom is -0.263 e. The first-order chi connectivity index (χ1) is 8.89. The zero-order chi connectivity index (χ0) is 14.0. The Morgan fingerprint density at radius 2 is 1.95 bits per heavy atom. The summed E-state index contributed by atoms with van der Waals surface area (Å²) in [7, 11) is 0. The summed E-state index contributed by atoms with van der Waals surface area (Å²) in [5, 5.41) is 3.74. The normalized spacial score (nSPS) is 11.8. The van der Waals surface area contributed by atoms with Gasteiger partial charge >= 0.3 is 6.18 Å². The Kier molecular flexibility index (Phi) is 3.59. The maximum atomic E-state index is 13.8. The van der Waals surface area contributed by atoms with E-state index in [0.717, 1.165) is 10.2 Å². The molecule has 0 aliphatic heterocycles. The van der Waals surface area contributed by atoms with Gasteiger partial charge in [0.25, 0.3) is 0 Å². The first-order valence-corrected chi connectivity index (χ1v) is 5.78. The van der Waals surface area contributed by atoms with Crippen LogP contribution in [0.25, 0.3) is 11.3 Å². The summed E-state index contributed by atoms with van der Waals surface area (Å²) in [6.07, 6.45) is -2.45. The molecule has 0 N–H and O–H groups in total. The maximum Gasteiger partial charge on any atom is 0.408 e. The van der Waals surface area contributed by atoms with Crippen molar-refractivity contribution in [2.45, 2.75) is 26.1 Å². The van der Waals surface area contributed by atoms with Crippen molar-refractivity contribution in [3.8, 4) is 11.3 Å². The second-order valence-electron chi connectivity index (χ2n) is 4.18. The molecule has 0 unspecified atom stereocenters. The van der Waals surface area contributed by atoms with Gasteiger partial charge in [-0.05, 0) is 30.2 Å². The Morgan fingerprint density at radius 3 is 2.53 bits per heavy atom. The van der Waals surface area contributed by atoms with Gasteiger partial charge in [0, 0.05) is 11.8 Å². The zero-order valence-corrected chi connectivity index (χ0v) is 10.2. The molecule has 0 radical (unpaired) electrons. The van der Waals surface area contributed by atoms with Gasteiger partial charge in [-0.25, -0.2) is 4.39 Å². The summed E-state index contributed by atoms with van der Waals surface area (Å²) in [6, 6.07) is 6.02. The predicted molar refractivity (Wildman–Crippen MR) is 63.1 cm³/mol. The highest BCUT2D eigenvalue weighted by atomic mass is 19.4. The van der Waals surface area contributed by atoms with E-state index in [-0.39, 0.29) is 11.3 Å². The second kappa shape index (κ2) is 5.03. The van der Waals surface area contributed by atoms with Crippen molar-refractivity contribution in [3.63, 3.8) is 0 Å². The van der Waals surface area contributed by atoms with Crippen LogP contribution in [0.3, 0.4) is 0 Å². The quantitative estimate of drug-likeness (QED) is 0.777. The Balaban J connectivity index is 2.28. The van der Waals surface area contributed by atoms with Crippen molar-refractivity contribution in [2.24, 2.45) is 0 Å². The van der Waals surface area contributed by atoms with E-state index in [1.807, 2.05) is 6.92 Å². The molecule has 2 aromatic rings. The number of aryl methyl sites for hydroxylation is 1.